The topological polar surface area (TPSA) is 76.3 Å². The molecule has 0 saturated carbocycles. The van der Waals surface area contributed by atoms with E-state index in [1.807, 2.05) is 45.0 Å². The third-order valence-electron chi connectivity index (χ3n) is 4.47. The Balaban J connectivity index is 2.21. The largest absolute Gasteiger partial charge is 0.388 e. The Bertz CT molecular complexity index is 741. The second-order valence-corrected chi connectivity index (χ2v) is 5.81. The van der Waals surface area contributed by atoms with Crippen molar-refractivity contribution in [2.75, 3.05) is 6.54 Å². The predicted octanol–water partition coefficient (Wildman–Crippen LogP) is 1.49. The summed E-state index contributed by atoms with van der Waals surface area (Å²) in [4.78, 5) is 24.7. The third kappa shape index (κ3) is 3.47. The van der Waals surface area contributed by atoms with Crippen LogP contribution in [0, 0.1) is 0 Å². The molecule has 0 aliphatic rings. The van der Waals surface area contributed by atoms with Gasteiger partial charge in [0.05, 0.1) is 16.6 Å². The van der Waals surface area contributed by atoms with Gasteiger partial charge in [-0.15, -0.1) is 0 Å². The molecule has 0 aliphatic carbocycles. The Morgan fingerprint density at radius 3 is 2.22 bits per heavy atom. The highest BCUT2D eigenvalue weighted by molar-refractivity contribution is 5.81. The van der Waals surface area contributed by atoms with Crippen LogP contribution in [0.5, 0.6) is 0 Å². The monoisotopic (exact) mass is 319 g/mol. The lowest BCUT2D eigenvalue weighted by molar-refractivity contribution is -0.123. The van der Waals surface area contributed by atoms with Crippen molar-refractivity contribution in [1.29, 1.82) is 0 Å². The van der Waals surface area contributed by atoms with Gasteiger partial charge in [-0.2, -0.15) is 0 Å². The standard InChI is InChI=1S/C17H25N3O3/c1-4-17(23,5-2)12-18-15(21)11-20-14-10-8-7-9-13(14)19(6-3)16(20)22/h7-10,23H,4-6,11-12H2,1-3H3,(H,18,21). The molecule has 126 valence electrons. The zero-order valence-electron chi connectivity index (χ0n) is 14.0. The number of amides is 1. The van der Waals surface area contributed by atoms with E-state index >= 15 is 0 Å². The van der Waals surface area contributed by atoms with Crippen molar-refractivity contribution in [2.45, 2.75) is 52.3 Å². The van der Waals surface area contributed by atoms with Gasteiger partial charge in [-0.25, -0.2) is 4.79 Å². The molecular weight excluding hydrogens is 294 g/mol. The van der Waals surface area contributed by atoms with Crippen LogP contribution >= 0.6 is 0 Å². The zero-order chi connectivity index (χ0) is 17.0. The van der Waals surface area contributed by atoms with Gasteiger partial charge >= 0.3 is 5.69 Å². The molecule has 0 aliphatic heterocycles. The van der Waals surface area contributed by atoms with Crippen molar-refractivity contribution < 1.29 is 9.90 Å². The van der Waals surface area contributed by atoms with Crippen molar-refractivity contribution in [1.82, 2.24) is 14.5 Å². The smallest absolute Gasteiger partial charge is 0.329 e. The van der Waals surface area contributed by atoms with Crippen LogP contribution in [0.15, 0.2) is 29.1 Å². The molecule has 2 aromatic rings. The number of hydrogen-bond donors (Lipinski definition) is 2. The maximum absolute atomic E-state index is 12.5. The average molecular weight is 319 g/mol. The second-order valence-electron chi connectivity index (χ2n) is 5.81. The number of nitrogens with one attached hydrogen (secondary N) is 1. The summed E-state index contributed by atoms with van der Waals surface area (Å²) < 4.78 is 3.13. The van der Waals surface area contributed by atoms with Gasteiger partial charge in [0.15, 0.2) is 0 Å². The van der Waals surface area contributed by atoms with Crippen LogP contribution in [-0.2, 0) is 17.9 Å². The molecule has 1 aromatic heterocycles. The highest BCUT2D eigenvalue weighted by atomic mass is 16.3. The molecule has 1 heterocycles. The number of carbonyl (C=O) groups is 1. The Morgan fingerprint density at radius 1 is 1.13 bits per heavy atom. The average Bonchev–Trinajstić information content (AvgIpc) is 2.84. The lowest BCUT2D eigenvalue weighted by atomic mass is 9.98. The summed E-state index contributed by atoms with van der Waals surface area (Å²) in [6, 6.07) is 7.44. The Morgan fingerprint density at radius 2 is 1.70 bits per heavy atom. The molecule has 1 amide bonds. The number of para-hydroxylation sites is 2. The van der Waals surface area contributed by atoms with Crippen LogP contribution < -0.4 is 11.0 Å². The number of benzene rings is 1. The Hall–Kier alpha value is -2.08. The fourth-order valence-corrected chi connectivity index (χ4v) is 2.69. The lowest BCUT2D eigenvalue weighted by Gasteiger charge is -2.25. The van der Waals surface area contributed by atoms with Crippen LogP contribution in [0.2, 0.25) is 0 Å². The van der Waals surface area contributed by atoms with Crippen molar-refractivity contribution in [3.05, 3.63) is 34.7 Å². The van der Waals surface area contributed by atoms with Crippen LogP contribution in [-0.4, -0.2) is 32.3 Å². The quantitative estimate of drug-likeness (QED) is 0.812. The molecule has 0 fully saturated rings. The summed E-state index contributed by atoms with van der Waals surface area (Å²) in [5.74, 6) is -0.272. The minimum Gasteiger partial charge on any atom is -0.388 e. The molecule has 6 heteroatoms. The number of rotatable bonds is 7. The van der Waals surface area contributed by atoms with Crippen molar-refractivity contribution >= 4 is 16.9 Å². The number of aromatic nitrogens is 2. The van der Waals surface area contributed by atoms with E-state index < -0.39 is 5.60 Å². The third-order valence-corrected chi connectivity index (χ3v) is 4.47. The highest BCUT2D eigenvalue weighted by Crippen LogP contribution is 2.14. The first-order valence-electron chi connectivity index (χ1n) is 8.13. The van der Waals surface area contributed by atoms with E-state index in [1.165, 1.54) is 4.57 Å². The summed E-state index contributed by atoms with van der Waals surface area (Å²) in [5, 5.41) is 13.0. The SMILES string of the molecule is CCn1c(=O)n(CC(=O)NCC(O)(CC)CC)c2ccccc21. The van der Waals surface area contributed by atoms with Crippen molar-refractivity contribution in [3.63, 3.8) is 0 Å². The molecule has 1 aromatic carbocycles. The minimum absolute atomic E-state index is 0.0458. The molecule has 2 rings (SSSR count). The van der Waals surface area contributed by atoms with Crippen LogP contribution in [0.25, 0.3) is 11.0 Å². The summed E-state index contributed by atoms with van der Waals surface area (Å²) in [6.07, 6.45) is 1.14. The number of imidazole rings is 1. The lowest BCUT2D eigenvalue weighted by Crippen LogP contribution is -2.43. The highest BCUT2D eigenvalue weighted by Gasteiger charge is 2.23. The van der Waals surface area contributed by atoms with Crippen LogP contribution in [0.1, 0.15) is 33.6 Å². The van der Waals surface area contributed by atoms with E-state index in [9.17, 15) is 14.7 Å². The maximum Gasteiger partial charge on any atom is 0.329 e. The minimum atomic E-state index is -0.891. The fraction of sp³-hybridized carbons (Fsp3) is 0.529. The number of nitrogens with zero attached hydrogens (tertiary/aromatic N) is 2. The first-order valence-corrected chi connectivity index (χ1v) is 8.13. The van der Waals surface area contributed by atoms with Gasteiger partial charge in [0.25, 0.3) is 0 Å². The van der Waals surface area contributed by atoms with Gasteiger partial charge < -0.3 is 10.4 Å². The molecule has 0 radical (unpaired) electrons. The van der Waals surface area contributed by atoms with Crippen LogP contribution in [0.4, 0.5) is 0 Å². The van der Waals surface area contributed by atoms with E-state index in [1.54, 1.807) is 4.57 Å². The van der Waals surface area contributed by atoms with E-state index in [-0.39, 0.29) is 24.7 Å². The van der Waals surface area contributed by atoms with Gasteiger partial charge in [-0.3, -0.25) is 13.9 Å². The summed E-state index contributed by atoms with van der Waals surface area (Å²) in [7, 11) is 0. The van der Waals surface area contributed by atoms with Crippen molar-refractivity contribution in [2.24, 2.45) is 0 Å². The number of aliphatic hydroxyl groups is 1. The normalized spacial score (nSPS) is 11.8. The Labute approximate surface area is 135 Å². The van der Waals surface area contributed by atoms with E-state index in [2.05, 4.69) is 5.32 Å². The van der Waals surface area contributed by atoms with E-state index in [0.717, 1.165) is 11.0 Å². The van der Waals surface area contributed by atoms with Gasteiger partial charge in [-0.05, 0) is 31.9 Å². The summed E-state index contributed by atoms with van der Waals surface area (Å²) in [5.41, 5.74) is 0.491. The van der Waals surface area contributed by atoms with Gasteiger partial charge in [0.2, 0.25) is 5.91 Å². The zero-order valence-corrected chi connectivity index (χ0v) is 14.0. The summed E-state index contributed by atoms with van der Waals surface area (Å²) >= 11 is 0. The molecule has 0 atom stereocenters. The molecule has 2 N–H and O–H groups in total. The second kappa shape index (κ2) is 7.00. The molecular formula is C17H25N3O3. The van der Waals surface area contributed by atoms with Gasteiger partial charge in [0.1, 0.15) is 6.54 Å². The number of fused-ring (bicyclic) bond motifs is 1. The van der Waals surface area contributed by atoms with Gasteiger partial charge in [0, 0.05) is 13.1 Å². The number of hydrogen-bond acceptors (Lipinski definition) is 3. The van der Waals surface area contributed by atoms with E-state index in [0.29, 0.717) is 19.4 Å². The first kappa shape index (κ1) is 17.3. The van der Waals surface area contributed by atoms with Gasteiger partial charge in [-0.1, -0.05) is 26.0 Å². The molecule has 0 bridgehead atoms. The maximum atomic E-state index is 12.5. The predicted molar refractivity (Wildman–Crippen MR) is 90.4 cm³/mol. The molecule has 0 spiro atoms. The Kier molecular flexibility index (Phi) is 5.26. The molecule has 6 nitrogen and oxygen atoms in total. The fourth-order valence-electron chi connectivity index (χ4n) is 2.69. The molecule has 0 unspecified atom stereocenters. The first-order chi connectivity index (χ1) is 11.0. The summed E-state index contributed by atoms with van der Waals surface area (Å²) in [6.45, 7) is 6.38. The molecule has 23 heavy (non-hydrogen) atoms. The van der Waals surface area contributed by atoms with E-state index in [4.69, 9.17) is 0 Å². The van der Waals surface area contributed by atoms with Crippen molar-refractivity contribution in [3.8, 4) is 0 Å². The number of aryl methyl sites for hydroxylation is 1. The molecule has 0 saturated heterocycles. The van der Waals surface area contributed by atoms with Crippen LogP contribution in [0.3, 0.4) is 0 Å². The number of carbonyl (C=O) groups excluding carboxylic acids is 1.